The first-order valence-electron chi connectivity index (χ1n) is 4.98. The summed E-state index contributed by atoms with van der Waals surface area (Å²) in [6.45, 7) is 1.65. The number of aryl methyl sites for hydroxylation is 1. The lowest BCUT2D eigenvalue weighted by atomic mass is 10.1. The van der Waals surface area contributed by atoms with Crippen LogP contribution in [0.2, 0.25) is 0 Å². The van der Waals surface area contributed by atoms with Crippen LogP contribution in [0, 0.1) is 17.0 Å². The van der Waals surface area contributed by atoms with Crippen LogP contribution >= 0.6 is 0 Å². The summed E-state index contributed by atoms with van der Waals surface area (Å²) < 4.78 is 5.11. The molecular formula is C10H9N5O3. The Morgan fingerprint density at radius 3 is 2.44 bits per heavy atom. The molecule has 0 fully saturated rings. The van der Waals surface area contributed by atoms with Gasteiger partial charge in [-0.25, -0.2) is 0 Å². The molecule has 0 N–H and O–H groups in total. The number of aromatic nitrogens is 4. The van der Waals surface area contributed by atoms with Gasteiger partial charge in [0.15, 0.2) is 5.82 Å². The molecule has 0 unspecified atom stereocenters. The molecule has 18 heavy (non-hydrogen) atoms. The number of nitro groups is 1. The summed E-state index contributed by atoms with van der Waals surface area (Å²) in [5.41, 5.74) is 0.307. The van der Waals surface area contributed by atoms with Crippen LogP contribution in [0.5, 0.6) is 5.75 Å². The zero-order valence-corrected chi connectivity index (χ0v) is 9.69. The molecule has 0 saturated carbocycles. The van der Waals surface area contributed by atoms with Gasteiger partial charge in [0.05, 0.1) is 17.6 Å². The second kappa shape index (κ2) is 4.70. The van der Waals surface area contributed by atoms with Crippen LogP contribution in [0.3, 0.4) is 0 Å². The zero-order chi connectivity index (χ0) is 13.1. The van der Waals surface area contributed by atoms with E-state index in [0.717, 1.165) is 0 Å². The Bertz CT molecular complexity index is 585. The fourth-order valence-electron chi connectivity index (χ4n) is 1.37. The summed E-state index contributed by atoms with van der Waals surface area (Å²) in [5.74, 6) is 1.03. The van der Waals surface area contributed by atoms with Gasteiger partial charge in [0, 0.05) is 12.1 Å². The molecule has 1 aromatic heterocycles. The molecule has 2 rings (SSSR count). The van der Waals surface area contributed by atoms with Gasteiger partial charge in [0.1, 0.15) is 5.75 Å². The van der Waals surface area contributed by atoms with Crippen LogP contribution in [0.4, 0.5) is 5.69 Å². The quantitative estimate of drug-likeness (QED) is 0.591. The van der Waals surface area contributed by atoms with Crippen molar-refractivity contribution in [2.24, 2.45) is 0 Å². The Balaban J connectivity index is 2.56. The third kappa shape index (κ3) is 2.21. The zero-order valence-electron chi connectivity index (χ0n) is 9.69. The maximum absolute atomic E-state index is 10.7. The second-order valence-corrected chi connectivity index (χ2v) is 3.41. The first-order valence-corrected chi connectivity index (χ1v) is 4.98. The Morgan fingerprint density at radius 2 is 1.89 bits per heavy atom. The Morgan fingerprint density at radius 1 is 1.22 bits per heavy atom. The summed E-state index contributed by atoms with van der Waals surface area (Å²) in [4.78, 5) is 10.2. The minimum absolute atomic E-state index is 0.0741. The topological polar surface area (TPSA) is 104 Å². The monoisotopic (exact) mass is 247 g/mol. The number of non-ortho nitro benzene ring substituents is 1. The number of ether oxygens (including phenoxy) is 1. The second-order valence-electron chi connectivity index (χ2n) is 3.41. The number of benzene rings is 1. The number of hydrogen-bond acceptors (Lipinski definition) is 7. The average molecular weight is 247 g/mol. The van der Waals surface area contributed by atoms with Crippen molar-refractivity contribution in [1.29, 1.82) is 0 Å². The molecule has 0 aliphatic heterocycles. The van der Waals surface area contributed by atoms with Gasteiger partial charge in [-0.3, -0.25) is 10.1 Å². The minimum atomic E-state index is -0.502. The molecular weight excluding hydrogens is 238 g/mol. The summed E-state index contributed by atoms with van der Waals surface area (Å²) >= 11 is 0. The summed E-state index contributed by atoms with van der Waals surface area (Å²) in [7, 11) is 1.46. The number of rotatable bonds is 3. The van der Waals surface area contributed by atoms with E-state index in [-0.39, 0.29) is 11.5 Å². The third-order valence-electron chi connectivity index (χ3n) is 2.21. The van der Waals surface area contributed by atoms with Crippen molar-refractivity contribution < 1.29 is 9.66 Å². The highest BCUT2D eigenvalue weighted by Gasteiger charge is 2.15. The highest BCUT2D eigenvalue weighted by atomic mass is 16.6. The predicted octanol–water partition coefficient (Wildman–Crippen LogP) is 1.16. The van der Waals surface area contributed by atoms with E-state index in [9.17, 15) is 10.1 Å². The third-order valence-corrected chi connectivity index (χ3v) is 2.21. The molecule has 0 bridgehead atoms. The lowest BCUT2D eigenvalue weighted by molar-refractivity contribution is -0.384. The molecule has 0 aliphatic carbocycles. The van der Waals surface area contributed by atoms with E-state index in [0.29, 0.717) is 17.1 Å². The molecule has 92 valence electrons. The van der Waals surface area contributed by atoms with E-state index in [1.54, 1.807) is 6.92 Å². The van der Waals surface area contributed by atoms with Crippen LogP contribution in [0.25, 0.3) is 11.4 Å². The van der Waals surface area contributed by atoms with Crippen molar-refractivity contribution in [2.45, 2.75) is 6.92 Å². The van der Waals surface area contributed by atoms with Crippen LogP contribution < -0.4 is 4.74 Å². The highest BCUT2D eigenvalue weighted by molar-refractivity contribution is 5.66. The van der Waals surface area contributed by atoms with Gasteiger partial charge < -0.3 is 4.74 Å². The lowest BCUT2D eigenvalue weighted by Gasteiger charge is -2.05. The van der Waals surface area contributed by atoms with Crippen LogP contribution in [-0.4, -0.2) is 32.4 Å². The number of nitro benzene ring substituents is 1. The Kier molecular flexibility index (Phi) is 3.09. The number of nitrogens with zero attached hydrogens (tertiary/aromatic N) is 5. The number of methoxy groups -OCH3 is 1. The maximum Gasteiger partial charge on any atom is 0.270 e. The summed E-state index contributed by atoms with van der Waals surface area (Å²) in [6.07, 6.45) is 0. The van der Waals surface area contributed by atoms with Gasteiger partial charge in [-0.1, -0.05) is 0 Å². The molecule has 1 heterocycles. The molecule has 0 atom stereocenters. The highest BCUT2D eigenvalue weighted by Crippen LogP contribution is 2.30. The van der Waals surface area contributed by atoms with E-state index in [1.807, 2.05) is 0 Å². The van der Waals surface area contributed by atoms with Crippen molar-refractivity contribution in [1.82, 2.24) is 20.4 Å². The van der Waals surface area contributed by atoms with Gasteiger partial charge in [0.2, 0.25) is 5.82 Å². The molecule has 1 aromatic carbocycles. The van der Waals surface area contributed by atoms with E-state index < -0.39 is 4.92 Å². The molecule has 0 radical (unpaired) electrons. The molecule has 0 amide bonds. The van der Waals surface area contributed by atoms with E-state index in [1.165, 1.54) is 25.3 Å². The molecule has 8 nitrogen and oxygen atoms in total. The van der Waals surface area contributed by atoms with Crippen molar-refractivity contribution in [3.63, 3.8) is 0 Å². The van der Waals surface area contributed by atoms with Crippen LogP contribution in [-0.2, 0) is 0 Å². The lowest BCUT2D eigenvalue weighted by Crippen LogP contribution is -2.00. The van der Waals surface area contributed by atoms with Gasteiger partial charge in [-0.15, -0.1) is 20.4 Å². The van der Waals surface area contributed by atoms with Crippen molar-refractivity contribution in [3.05, 3.63) is 34.1 Å². The standard InChI is InChI=1S/C10H9N5O3/c1-6-11-13-10(14-12-6)8-5-7(15(16)17)3-4-9(8)18-2/h3-5H,1-2H3. The SMILES string of the molecule is COc1ccc([N+](=O)[O-])cc1-c1nnc(C)nn1. The van der Waals surface area contributed by atoms with Crippen molar-refractivity contribution in [2.75, 3.05) is 7.11 Å². The van der Waals surface area contributed by atoms with E-state index >= 15 is 0 Å². The van der Waals surface area contributed by atoms with Crippen LogP contribution in [0.15, 0.2) is 18.2 Å². The Hall–Kier alpha value is -2.64. The predicted molar refractivity (Wildman–Crippen MR) is 61.0 cm³/mol. The van der Waals surface area contributed by atoms with Crippen molar-refractivity contribution in [3.8, 4) is 17.1 Å². The Labute approximate surface area is 102 Å². The van der Waals surface area contributed by atoms with Crippen molar-refractivity contribution >= 4 is 5.69 Å². The normalized spacial score (nSPS) is 10.1. The minimum Gasteiger partial charge on any atom is -0.496 e. The first-order chi connectivity index (χ1) is 8.61. The summed E-state index contributed by atoms with van der Waals surface area (Å²) in [6, 6.07) is 4.15. The van der Waals surface area contributed by atoms with Crippen LogP contribution in [0.1, 0.15) is 5.82 Å². The van der Waals surface area contributed by atoms with Gasteiger partial charge in [-0.05, 0) is 13.0 Å². The molecule has 8 heteroatoms. The fraction of sp³-hybridized carbons (Fsp3) is 0.200. The molecule has 0 aliphatic rings. The van der Waals surface area contributed by atoms with Gasteiger partial charge >= 0.3 is 0 Å². The molecule has 0 spiro atoms. The van der Waals surface area contributed by atoms with E-state index in [2.05, 4.69) is 20.4 Å². The summed E-state index contributed by atoms with van der Waals surface area (Å²) in [5, 5.41) is 25.9. The fourth-order valence-corrected chi connectivity index (χ4v) is 1.37. The maximum atomic E-state index is 10.7. The molecule has 2 aromatic rings. The van der Waals surface area contributed by atoms with Gasteiger partial charge in [0.25, 0.3) is 5.69 Å². The smallest absolute Gasteiger partial charge is 0.270 e. The average Bonchev–Trinajstić information content (AvgIpc) is 2.39. The largest absolute Gasteiger partial charge is 0.496 e. The molecule has 0 saturated heterocycles. The van der Waals surface area contributed by atoms with E-state index in [4.69, 9.17) is 4.74 Å². The number of hydrogen-bond donors (Lipinski definition) is 0. The van der Waals surface area contributed by atoms with Gasteiger partial charge in [-0.2, -0.15) is 0 Å². The first kappa shape index (κ1) is 11.8.